The summed E-state index contributed by atoms with van der Waals surface area (Å²) in [6.07, 6.45) is 4.48. The first-order valence-corrected chi connectivity index (χ1v) is 15.1. The van der Waals surface area contributed by atoms with E-state index in [4.69, 9.17) is 14.6 Å². The SMILES string of the molecule is CS(=O)c1c(Oc2ccc(F)c(-c3ncc([C@@]4(C)CCOc5c(CCC(=O)O)cc(F)cc54)[nH]3)c2)c(F)c(F)c2[nH]ccc12. The minimum absolute atomic E-state index is 0.0474. The number of hydrogen-bond acceptors (Lipinski definition) is 5. The Bertz CT molecular complexity index is 1970. The quantitative estimate of drug-likeness (QED) is 0.164. The molecule has 0 bridgehead atoms. The van der Waals surface area contributed by atoms with Crippen LogP contribution in [0.1, 0.15) is 36.6 Å². The lowest BCUT2D eigenvalue weighted by molar-refractivity contribution is -0.136. The maximum Gasteiger partial charge on any atom is 0.303 e. The van der Waals surface area contributed by atoms with Gasteiger partial charge in [-0.3, -0.25) is 9.00 Å². The highest BCUT2D eigenvalue weighted by Gasteiger charge is 2.38. The molecule has 3 aromatic carbocycles. The van der Waals surface area contributed by atoms with Crippen molar-refractivity contribution in [2.24, 2.45) is 0 Å². The predicted molar refractivity (Wildman–Crippen MR) is 154 cm³/mol. The van der Waals surface area contributed by atoms with Crippen LogP contribution in [0.25, 0.3) is 22.3 Å². The number of carbonyl (C=O) groups is 1. The number of aromatic amines is 2. The monoisotopic (exact) mass is 627 g/mol. The summed E-state index contributed by atoms with van der Waals surface area (Å²) < 4.78 is 83.9. The van der Waals surface area contributed by atoms with Crippen molar-refractivity contribution in [1.82, 2.24) is 15.0 Å². The van der Waals surface area contributed by atoms with Gasteiger partial charge in [0.1, 0.15) is 29.0 Å². The Morgan fingerprint density at radius 2 is 1.95 bits per heavy atom. The molecule has 0 fully saturated rings. The second-order valence-electron chi connectivity index (χ2n) is 10.7. The smallest absolute Gasteiger partial charge is 0.303 e. The Hall–Kier alpha value is -4.65. The van der Waals surface area contributed by atoms with Crippen molar-refractivity contribution in [2.75, 3.05) is 12.9 Å². The highest BCUT2D eigenvalue weighted by molar-refractivity contribution is 7.84. The lowest BCUT2D eigenvalue weighted by Gasteiger charge is -2.36. The Labute approximate surface area is 250 Å². The molecule has 1 aliphatic heterocycles. The van der Waals surface area contributed by atoms with Crippen LogP contribution in [0.2, 0.25) is 0 Å². The number of halogens is 4. The number of carboxylic acid groups (broad SMARTS) is 1. The summed E-state index contributed by atoms with van der Waals surface area (Å²) in [6.45, 7) is 2.11. The molecule has 0 spiro atoms. The molecule has 1 aliphatic rings. The molecule has 6 rings (SSSR count). The van der Waals surface area contributed by atoms with Gasteiger partial charge in [0.15, 0.2) is 11.6 Å². The van der Waals surface area contributed by atoms with E-state index in [0.717, 1.165) is 6.07 Å². The fourth-order valence-electron chi connectivity index (χ4n) is 5.58. The number of nitrogens with zero attached hydrogens (tertiary/aromatic N) is 1. The van der Waals surface area contributed by atoms with Gasteiger partial charge in [-0.2, -0.15) is 4.39 Å². The Kier molecular flexibility index (Phi) is 7.44. The topological polar surface area (TPSA) is 117 Å². The molecule has 0 amide bonds. The summed E-state index contributed by atoms with van der Waals surface area (Å²) in [6, 6.07) is 7.60. The summed E-state index contributed by atoms with van der Waals surface area (Å²) in [5.74, 6) is -4.98. The molecule has 13 heteroatoms. The molecule has 0 saturated carbocycles. The first-order valence-electron chi connectivity index (χ1n) is 13.5. The van der Waals surface area contributed by atoms with Crippen LogP contribution in [-0.4, -0.2) is 43.1 Å². The molecular weight excluding hydrogens is 602 g/mol. The van der Waals surface area contributed by atoms with Gasteiger partial charge in [-0.1, -0.05) is 0 Å². The molecule has 3 heterocycles. The van der Waals surface area contributed by atoms with Crippen LogP contribution in [0, 0.1) is 23.3 Å². The second kappa shape index (κ2) is 11.1. The number of aliphatic carboxylic acids is 1. The van der Waals surface area contributed by atoms with Crippen molar-refractivity contribution in [1.29, 1.82) is 0 Å². The molecule has 0 aliphatic carbocycles. The second-order valence-corrected chi connectivity index (χ2v) is 12.0. The van der Waals surface area contributed by atoms with Crippen LogP contribution in [0.15, 0.2) is 53.7 Å². The van der Waals surface area contributed by atoms with Crippen LogP contribution in [0.3, 0.4) is 0 Å². The normalized spacial score (nSPS) is 16.9. The number of imidazole rings is 1. The number of H-pyrrole nitrogens is 2. The number of aryl methyl sites for hydroxylation is 1. The van der Waals surface area contributed by atoms with Crippen molar-refractivity contribution >= 4 is 27.7 Å². The number of nitrogens with one attached hydrogen (secondary N) is 2. The van der Waals surface area contributed by atoms with E-state index in [9.17, 15) is 17.8 Å². The zero-order chi connectivity index (χ0) is 31.3. The van der Waals surface area contributed by atoms with Gasteiger partial charge in [0, 0.05) is 47.1 Å². The van der Waals surface area contributed by atoms with E-state index >= 15 is 8.78 Å². The van der Waals surface area contributed by atoms with E-state index in [-0.39, 0.29) is 52.4 Å². The first kappa shape index (κ1) is 29.4. The molecular formula is C31H25F4N3O5S. The van der Waals surface area contributed by atoms with Crippen molar-refractivity contribution in [3.8, 4) is 28.6 Å². The van der Waals surface area contributed by atoms with Crippen LogP contribution in [0.4, 0.5) is 17.6 Å². The predicted octanol–water partition coefficient (Wildman–Crippen LogP) is 6.75. The first-order chi connectivity index (χ1) is 21.0. The average Bonchev–Trinajstić information content (AvgIpc) is 3.67. The van der Waals surface area contributed by atoms with Gasteiger partial charge in [-0.05, 0) is 61.7 Å². The van der Waals surface area contributed by atoms with E-state index in [2.05, 4.69) is 15.0 Å². The van der Waals surface area contributed by atoms with Gasteiger partial charge in [0.05, 0.1) is 33.4 Å². The number of fused-ring (bicyclic) bond motifs is 2. The molecule has 5 aromatic rings. The van der Waals surface area contributed by atoms with Gasteiger partial charge < -0.3 is 24.5 Å². The third kappa shape index (κ3) is 5.00. The zero-order valence-corrected chi connectivity index (χ0v) is 24.2. The van der Waals surface area contributed by atoms with E-state index in [1.807, 2.05) is 6.92 Å². The third-order valence-corrected chi connectivity index (χ3v) is 8.84. The zero-order valence-electron chi connectivity index (χ0n) is 23.4. The summed E-state index contributed by atoms with van der Waals surface area (Å²) in [7, 11) is -1.77. The van der Waals surface area contributed by atoms with Gasteiger partial charge in [-0.15, -0.1) is 0 Å². The Morgan fingerprint density at radius 1 is 1.16 bits per heavy atom. The summed E-state index contributed by atoms with van der Waals surface area (Å²) in [5, 5.41) is 9.31. The van der Waals surface area contributed by atoms with E-state index in [1.54, 1.807) is 0 Å². The number of ether oxygens (including phenoxy) is 2. The molecule has 228 valence electrons. The maximum atomic E-state index is 15.1. The number of hydrogen-bond donors (Lipinski definition) is 3. The Morgan fingerprint density at radius 3 is 2.70 bits per heavy atom. The lowest BCUT2D eigenvalue weighted by Crippen LogP contribution is -2.32. The molecule has 8 nitrogen and oxygen atoms in total. The van der Waals surface area contributed by atoms with Gasteiger partial charge in [0.25, 0.3) is 0 Å². The fraction of sp³-hybridized carbons (Fsp3) is 0.226. The summed E-state index contributed by atoms with van der Waals surface area (Å²) in [5.41, 5.74) is 0.393. The van der Waals surface area contributed by atoms with Crippen molar-refractivity contribution in [3.05, 3.63) is 88.9 Å². The van der Waals surface area contributed by atoms with Gasteiger partial charge in [-0.25, -0.2) is 18.2 Å². The fourth-order valence-corrected chi connectivity index (χ4v) is 6.46. The lowest BCUT2D eigenvalue weighted by atomic mass is 9.74. The largest absolute Gasteiger partial charge is 0.493 e. The maximum absolute atomic E-state index is 15.1. The van der Waals surface area contributed by atoms with E-state index in [0.29, 0.717) is 29.0 Å². The molecule has 0 radical (unpaired) electrons. The molecule has 2 atom stereocenters. The standard InChI is InChI=1S/C31H25F4N3O5S/c1-31(8-10-42-27-15(3-6-23(39)40)11-16(32)12-20(27)31)22-14-37-30(38-22)19-13-17(4-5-21(19)33)43-28-25(35)24(34)26-18(7-9-36-26)29(28)44(2)41/h4-5,7,9,11-14,36H,3,6,8,10H2,1-2H3,(H,37,38)(H,39,40)/t31-,44?/m0/s1. The number of carboxylic acids is 1. The number of aromatic nitrogens is 3. The minimum atomic E-state index is -1.77. The molecule has 44 heavy (non-hydrogen) atoms. The Balaban J connectivity index is 1.38. The molecule has 3 N–H and O–H groups in total. The summed E-state index contributed by atoms with van der Waals surface area (Å²) in [4.78, 5) is 21.1. The van der Waals surface area contributed by atoms with E-state index in [1.165, 1.54) is 49.0 Å². The van der Waals surface area contributed by atoms with E-state index < -0.39 is 51.2 Å². The minimum Gasteiger partial charge on any atom is -0.493 e. The number of rotatable bonds is 8. The number of benzene rings is 3. The van der Waals surface area contributed by atoms with Crippen molar-refractivity contribution in [3.63, 3.8) is 0 Å². The average molecular weight is 628 g/mol. The van der Waals surface area contributed by atoms with Crippen LogP contribution >= 0.6 is 0 Å². The van der Waals surface area contributed by atoms with Crippen LogP contribution in [-0.2, 0) is 27.4 Å². The molecule has 2 aromatic heterocycles. The third-order valence-electron chi connectivity index (χ3n) is 7.86. The van der Waals surface area contributed by atoms with Gasteiger partial charge >= 0.3 is 5.97 Å². The molecule has 1 unspecified atom stereocenters. The van der Waals surface area contributed by atoms with Crippen LogP contribution < -0.4 is 9.47 Å². The highest BCUT2D eigenvalue weighted by Crippen LogP contribution is 2.46. The van der Waals surface area contributed by atoms with Crippen molar-refractivity contribution in [2.45, 2.75) is 36.5 Å². The molecule has 0 saturated heterocycles. The summed E-state index contributed by atoms with van der Waals surface area (Å²) >= 11 is 0. The highest BCUT2D eigenvalue weighted by atomic mass is 32.2. The van der Waals surface area contributed by atoms with Crippen molar-refractivity contribution < 1.29 is 41.1 Å². The van der Waals surface area contributed by atoms with Gasteiger partial charge in [0.2, 0.25) is 5.82 Å². The van der Waals surface area contributed by atoms with Crippen LogP contribution in [0.5, 0.6) is 17.2 Å².